The Morgan fingerprint density at radius 2 is 1.84 bits per heavy atom. The number of halogens is 3. The van der Waals surface area contributed by atoms with Crippen LogP contribution in [0.15, 0.2) is 43.0 Å². The Labute approximate surface area is 142 Å². The van der Waals surface area contributed by atoms with Crippen LogP contribution in [0.2, 0.25) is 0 Å². The number of rotatable bonds is 3. The van der Waals surface area contributed by atoms with E-state index in [-0.39, 0.29) is 0 Å². The first kappa shape index (κ1) is 15.9. The van der Waals surface area contributed by atoms with E-state index in [1.165, 1.54) is 12.1 Å². The van der Waals surface area contributed by atoms with E-state index >= 15 is 0 Å². The molecule has 0 unspecified atom stereocenters. The molecule has 0 N–H and O–H groups in total. The summed E-state index contributed by atoms with van der Waals surface area (Å²) in [7, 11) is 1.82. The van der Waals surface area contributed by atoms with E-state index in [4.69, 9.17) is 0 Å². The van der Waals surface area contributed by atoms with Crippen molar-refractivity contribution in [3.8, 4) is 11.4 Å². The summed E-state index contributed by atoms with van der Waals surface area (Å²) >= 11 is 0. The third-order valence-electron chi connectivity index (χ3n) is 4.69. The topological polar surface area (TPSA) is 48.5 Å². The number of hydrogen-bond donors (Lipinski definition) is 0. The number of aromatic nitrogens is 5. The molecule has 25 heavy (non-hydrogen) atoms. The Morgan fingerprint density at radius 1 is 1.12 bits per heavy atom. The molecule has 5 nitrogen and oxygen atoms in total. The van der Waals surface area contributed by atoms with Crippen molar-refractivity contribution in [3.05, 3.63) is 54.4 Å². The van der Waals surface area contributed by atoms with Crippen LogP contribution in [0.1, 0.15) is 36.2 Å². The predicted octanol–water partition coefficient (Wildman–Crippen LogP) is 3.82. The number of hydrogen-bond acceptors (Lipinski definition) is 3. The van der Waals surface area contributed by atoms with Gasteiger partial charge in [-0.05, 0) is 25.0 Å². The van der Waals surface area contributed by atoms with E-state index in [0.29, 0.717) is 23.3 Å². The summed E-state index contributed by atoms with van der Waals surface area (Å²) in [6.45, 7) is 0. The molecule has 0 spiro atoms. The Kier molecular flexibility index (Phi) is 3.63. The minimum atomic E-state index is -4.34. The summed E-state index contributed by atoms with van der Waals surface area (Å²) in [6.07, 6.45) is 3.09. The lowest BCUT2D eigenvalue weighted by Crippen LogP contribution is -2.26. The van der Waals surface area contributed by atoms with Gasteiger partial charge in [0.2, 0.25) is 0 Å². The fourth-order valence-corrected chi connectivity index (χ4v) is 3.21. The molecule has 130 valence electrons. The second-order valence-electron chi connectivity index (χ2n) is 6.32. The normalized spacial score (nSPS) is 20.5. The second-order valence-corrected chi connectivity index (χ2v) is 6.32. The molecular weight excluding hydrogens is 331 g/mol. The van der Waals surface area contributed by atoms with E-state index in [2.05, 4.69) is 19.6 Å². The lowest BCUT2D eigenvalue weighted by Gasteiger charge is -2.35. The summed E-state index contributed by atoms with van der Waals surface area (Å²) in [4.78, 5) is 8.61. The lowest BCUT2D eigenvalue weighted by molar-refractivity contribution is -0.137. The van der Waals surface area contributed by atoms with Crippen molar-refractivity contribution in [1.29, 1.82) is 0 Å². The van der Waals surface area contributed by atoms with Gasteiger partial charge in [0.1, 0.15) is 5.82 Å². The van der Waals surface area contributed by atoms with E-state index in [1.54, 1.807) is 10.9 Å². The number of imidazole rings is 1. The molecule has 1 saturated carbocycles. The van der Waals surface area contributed by atoms with Crippen molar-refractivity contribution in [2.24, 2.45) is 7.05 Å². The number of benzene rings is 1. The summed E-state index contributed by atoms with van der Waals surface area (Å²) in [6, 6.07) is 5.36. The van der Waals surface area contributed by atoms with Crippen LogP contribution < -0.4 is 0 Å². The van der Waals surface area contributed by atoms with Crippen LogP contribution in [0, 0.1) is 0 Å². The monoisotopic (exact) mass is 347 g/mol. The van der Waals surface area contributed by atoms with Crippen molar-refractivity contribution in [2.45, 2.75) is 31.0 Å². The zero-order valence-corrected chi connectivity index (χ0v) is 13.5. The molecule has 4 rings (SSSR count). The SMILES string of the molecule is Cn1nc(-c2ccc(C(F)(F)F)cc2)nc1C1CC(n2ccnc2)C1. The molecule has 1 aliphatic rings. The second kappa shape index (κ2) is 5.72. The molecule has 0 bridgehead atoms. The highest BCUT2D eigenvalue weighted by Gasteiger charge is 2.35. The highest BCUT2D eigenvalue weighted by atomic mass is 19.4. The summed E-state index contributed by atoms with van der Waals surface area (Å²) in [5.41, 5.74) is -0.0881. The first-order valence-corrected chi connectivity index (χ1v) is 7.98. The number of nitrogens with zero attached hydrogens (tertiary/aromatic N) is 5. The molecule has 2 heterocycles. The predicted molar refractivity (Wildman–Crippen MR) is 84.7 cm³/mol. The maximum atomic E-state index is 12.7. The zero-order chi connectivity index (χ0) is 17.6. The van der Waals surface area contributed by atoms with Gasteiger partial charge in [-0.25, -0.2) is 9.97 Å². The van der Waals surface area contributed by atoms with Crippen molar-refractivity contribution < 1.29 is 13.2 Å². The van der Waals surface area contributed by atoms with Crippen LogP contribution in [0.25, 0.3) is 11.4 Å². The fraction of sp³-hybridized carbons (Fsp3) is 0.353. The van der Waals surface area contributed by atoms with Gasteiger partial charge in [0, 0.05) is 37.0 Å². The van der Waals surface area contributed by atoms with Crippen LogP contribution >= 0.6 is 0 Å². The summed E-state index contributed by atoms with van der Waals surface area (Å²) < 4.78 is 41.8. The zero-order valence-electron chi connectivity index (χ0n) is 13.5. The Bertz CT molecular complexity index is 859. The minimum absolute atomic E-state index is 0.299. The highest BCUT2D eigenvalue weighted by Crippen LogP contribution is 2.44. The van der Waals surface area contributed by atoms with Gasteiger partial charge >= 0.3 is 6.18 Å². The molecule has 0 aliphatic heterocycles. The average Bonchev–Trinajstić information content (AvgIpc) is 3.16. The smallest absolute Gasteiger partial charge is 0.334 e. The van der Waals surface area contributed by atoms with Gasteiger partial charge in [0.25, 0.3) is 0 Å². The Balaban J connectivity index is 1.51. The van der Waals surface area contributed by atoms with Crippen LogP contribution in [0.4, 0.5) is 13.2 Å². The van der Waals surface area contributed by atoms with Crippen LogP contribution in [0.5, 0.6) is 0 Å². The molecule has 0 atom stereocenters. The average molecular weight is 347 g/mol. The molecule has 1 aromatic carbocycles. The molecule has 0 radical (unpaired) electrons. The maximum Gasteiger partial charge on any atom is 0.416 e. The Hall–Kier alpha value is -2.64. The third kappa shape index (κ3) is 2.92. The van der Waals surface area contributed by atoms with Crippen LogP contribution in [-0.4, -0.2) is 24.3 Å². The molecule has 1 aliphatic carbocycles. The standard InChI is InChI=1S/C17H16F3N5/c1-24-16(12-8-14(9-12)25-7-6-21-10-25)22-15(23-24)11-2-4-13(5-3-11)17(18,19)20/h2-7,10,12,14H,8-9H2,1H3. The van der Waals surface area contributed by atoms with Gasteiger partial charge in [-0.1, -0.05) is 12.1 Å². The van der Waals surface area contributed by atoms with Gasteiger partial charge in [-0.2, -0.15) is 18.3 Å². The minimum Gasteiger partial charge on any atom is -0.334 e. The van der Waals surface area contributed by atoms with E-state index < -0.39 is 11.7 Å². The molecule has 1 fully saturated rings. The molecule has 0 amide bonds. The maximum absolute atomic E-state index is 12.7. The van der Waals surface area contributed by atoms with Crippen molar-refractivity contribution >= 4 is 0 Å². The Morgan fingerprint density at radius 3 is 2.44 bits per heavy atom. The van der Waals surface area contributed by atoms with E-state index in [9.17, 15) is 13.2 Å². The lowest BCUT2D eigenvalue weighted by atomic mass is 9.79. The molecule has 8 heteroatoms. The summed E-state index contributed by atoms with van der Waals surface area (Å²) in [5.74, 6) is 1.62. The van der Waals surface area contributed by atoms with E-state index in [0.717, 1.165) is 30.8 Å². The first-order valence-electron chi connectivity index (χ1n) is 7.98. The highest BCUT2D eigenvalue weighted by molar-refractivity contribution is 5.55. The van der Waals surface area contributed by atoms with Gasteiger partial charge in [0.15, 0.2) is 5.82 Å². The first-order chi connectivity index (χ1) is 11.9. The van der Waals surface area contributed by atoms with Crippen LogP contribution in [0.3, 0.4) is 0 Å². The quantitative estimate of drug-likeness (QED) is 0.724. The summed E-state index contributed by atoms with van der Waals surface area (Å²) in [5, 5.41) is 4.37. The van der Waals surface area contributed by atoms with Crippen molar-refractivity contribution in [1.82, 2.24) is 24.3 Å². The molecular formula is C17H16F3N5. The fourth-order valence-electron chi connectivity index (χ4n) is 3.21. The van der Waals surface area contributed by atoms with E-state index in [1.807, 2.05) is 19.6 Å². The number of alkyl halides is 3. The molecule has 3 aromatic rings. The molecule has 2 aromatic heterocycles. The largest absolute Gasteiger partial charge is 0.416 e. The van der Waals surface area contributed by atoms with Gasteiger partial charge in [-0.3, -0.25) is 4.68 Å². The van der Waals surface area contributed by atoms with Crippen molar-refractivity contribution in [3.63, 3.8) is 0 Å². The number of aryl methyl sites for hydroxylation is 1. The van der Waals surface area contributed by atoms with Crippen LogP contribution in [-0.2, 0) is 13.2 Å². The van der Waals surface area contributed by atoms with Gasteiger partial charge in [-0.15, -0.1) is 0 Å². The van der Waals surface area contributed by atoms with Crippen molar-refractivity contribution in [2.75, 3.05) is 0 Å². The molecule has 0 saturated heterocycles. The third-order valence-corrected chi connectivity index (χ3v) is 4.69. The van der Waals surface area contributed by atoms with Gasteiger partial charge < -0.3 is 4.57 Å². The van der Waals surface area contributed by atoms with Gasteiger partial charge in [0.05, 0.1) is 11.9 Å².